The summed E-state index contributed by atoms with van der Waals surface area (Å²) < 4.78 is 6.78. The number of carbonyl (C=O) groups excluding carboxylic acids is 1. The van der Waals surface area contributed by atoms with Crippen LogP contribution in [-0.4, -0.2) is 27.3 Å². The van der Waals surface area contributed by atoms with Gasteiger partial charge in [0, 0.05) is 13.2 Å². The molecule has 0 saturated carbocycles. The van der Waals surface area contributed by atoms with Crippen LogP contribution in [0.2, 0.25) is 0 Å². The molecule has 0 fully saturated rings. The second-order valence-corrected chi connectivity index (χ2v) is 4.95. The van der Waals surface area contributed by atoms with Gasteiger partial charge in [0.2, 0.25) is 0 Å². The van der Waals surface area contributed by atoms with Gasteiger partial charge in [0.05, 0.1) is 24.1 Å². The Morgan fingerprint density at radius 1 is 1.60 bits per heavy atom. The molecule has 0 aliphatic carbocycles. The molecule has 0 spiro atoms. The van der Waals surface area contributed by atoms with E-state index in [1.807, 2.05) is 6.92 Å². The molecule has 0 aliphatic heterocycles. The van der Waals surface area contributed by atoms with Crippen LogP contribution < -0.4 is 5.32 Å². The van der Waals surface area contributed by atoms with Crippen molar-refractivity contribution >= 4 is 5.91 Å². The van der Waals surface area contributed by atoms with E-state index in [1.54, 1.807) is 37.0 Å². The van der Waals surface area contributed by atoms with E-state index in [9.17, 15) is 9.90 Å². The maximum absolute atomic E-state index is 12.1. The summed E-state index contributed by atoms with van der Waals surface area (Å²) in [7, 11) is 1.77. The number of furan rings is 1. The van der Waals surface area contributed by atoms with Crippen LogP contribution in [0.1, 0.15) is 35.7 Å². The Morgan fingerprint density at radius 2 is 2.35 bits per heavy atom. The standard InChI is InChI=1S/C14H19N3O3/c1-4-11-10(8-17(3)16-11)13(18)15-9-14(2,19)12-6-5-7-20-12/h5-8,19H,4,9H2,1-3H3,(H,15,18). The van der Waals surface area contributed by atoms with Crippen LogP contribution in [-0.2, 0) is 19.1 Å². The SMILES string of the molecule is CCc1nn(C)cc1C(=O)NCC(C)(O)c1ccco1. The number of amides is 1. The molecule has 1 unspecified atom stereocenters. The van der Waals surface area contributed by atoms with Gasteiger partial charge in [-0.1, -0.05) is 6.92 Å². The molecule has 2 rings (SSSR count). The summed E-state index contributed by atoms with van der Waals surface area (Å²) >= 11 is 0. The van der Waals surface area contributed by atoms with Crippen molar-refractivity contribution < 1.29 is 14.3 Å². The largest absolute Gasteiger partial charge is 0.466 e. The van der Waals surface area contributed by atoms with Gasteiger partial charge in [0.25, 0.3) is 5.91 Å². The summed E-state index contributed by atoms with van der Waals surface area (Å²) in [5.74, 6) is 0.168. The van der Waals surface area contributed by atoms with E-state index in [4.69, 9.17) is 4.42 Å². The van der Waals surface area contributed by atoms with E-state index < -0.39 is 5.60 Å². The molecule has 1 amide bonds. The summed E-state index contributed by atoms with van der Waals surface area (Å²) in [5, 5.41) is 17.2. The van der Waals surface area contributed by atoms with Gasteiger partial charge in [-0.15, -0.1) is 0 Å². The Hall–Kier alpha value is -2.08. The molecule has 108 valence electrons. The van der Waals surface area contributed by atoms with Gasteiger partial charge < -0.3 is 14.8 Å². The zero-order valence-corrected chi connectivity index (χ0v) is 11.9. The van der Waals surface area contributed by atoms with Crippen LogP contribution in [0.3, 0.4) is 0 Å². The Kier molecular flexibility index (Phi) is 3.94. The summed E-state index contributed by atoms with van der Waals surface area (Å²) in [6, 6.07) is 3.37. The monoisotopic (exact) mass is 277 g/mol. The van der Waals surface area contributed by atoms with Gasteiger partial charge in [-0.3, -0.25) is 9.48 Å². The number of aromatic nitrogens is 2. The van der Waals surface area contributed by atoms with Crippen LogP contribution >= 0.6 is 0 Å². The summed E-state index contributed by atoms with van der Waals surface area (Å²) in [6.07, 6.45) is 3.84. The first-order valence-corrected chi connectivity index (χ1v) is 6.51. The van der Waals surface area contributed by atoms with E-state index in [-0.39, 0.29) is 12.5 Å². The third-order valence-electron chi connectivity index (χ3n) is 3.13. The lowest BCUT2D eigenvalue weighted by Crippen LogP contribution is -2.38. The quantitative estimate of drug-likeness (QED) is 0.861. The number of aliphatic hydroxyl groups is 1. The van der Waals surface area contributed by atoms with E-state index >= 15 is 0 Å². The van der Waals surface area contributed by atoms with Crippen molar-refractivity contribution in [2.24, 2.45) is 7.05 Å². The van der Waals surface area contributed by atoms with Crippen molar-refractivity contribution in [3.63, 3.8) is 0 Å². The van der Waals surface area contributed by atoms with Crippen LogP contribution in [0.5, 0.6) is 0 Å². The number of aryl methyl sites for hydroxylation is 2. The molecule has 0 saturated heterocycles. The molecule has 2 heterocycles. The van der Waals surface area contributed by atoms with Crippen molar-refractivity contribution in [1.29, 1.82) is 0 Å². The Balaban J connectivity index is 2.05. The van der Waals surface area contributed by atoms with Crippen molar-refractivity contribution in [1.82, 2.24) is 15.1 Å². The second kappa shape index (κ2) is 5.50. The Labute approximate surface area is 117 Å². The van der Waals surface area contributed by atoms with Crippen molar-refractivity contribution in [3.05, 3.63) is 41.6 Å². The lowest BCUT2D eigenvalue weighted by Gasteiger charge is -2.21. The maximum atomic E-state index is 12.1. The molecule has 2 N–H and O–H groups in total. The zero-order valence-electron chi connectivity index (χ0n) is 11.9. The molecule has 1 atom stereocenters. The lowest BCUT2D eigenvalue weighted by molar-refractivity contribution is 0.0330. The average molecular weight is 277 g/mol. The first kappa shape index (κ1) is 14.3. The number of hydrogen-bond acceptors (Lipinski definition) is 4. The highest BCUT2D eigenvalue weighted by Crippen LogP contribution is 2.20. The number of nitrogens with one attached hydrogen (secondary N) is 1. The maximum Gasteiger partial charge on any atom is 0.254 e. The fourth-order valence-electron chi connectivity index (χ4n) is 2.01. The van der Waals surface area contributed by atoms with Gasteiger partial charge in [0.15, 0.2) is 0 Å². The molecular weight excluding hydrogens is 258 g/mol. The minimum absolute atomic E-state index is 0.0669. The normalized spacial score (nSPS) is 14.0. The second-order valence-electron chi connectivity index (χ2n) is 4.95. The molecule has 20 heavy (non-hydrogen) atoms. The number of hydrogen-bond donors (Lipinski definition) is 2. The third-order valence-corrected chi connectivity index (χ3v) is 3.13. The molecule has 2 aromatic rings. The van der Waals surface area contributed by atoms with Crippen molar-refractivity contribution in [2.75, 3.05) is 6.54 Å². The molecule has 0 bridgehead atoms. The van der Waals surface area contributed by atoms with E-state index in [2.05, 4.69) is 10.4 Å². The minimum Gasteiger partial charge on any atom is -0.466 e. The Bertz CT molecular complexity index is 585. The van der Waals surface area contributed by atoms with Crippen LogP contribution in [0.4, 0.5) is 0 Å². The fourth-order valence-corrected chi connectivity index (χ4v) is 2.01. The van der Waals surface area contributed by atoms with Crippen LogP contribution in [0.15, 0.2) is 29.0 Å². The molecule has 6 heteroatoms. The highest BCUT2D eigenvalue weighted by Gasteiger charge is 2.27. The van der Waals surface area contributed by atoms with Gasteiger partial charge >= 0.3 is 0 Å². The number of rotatable bonds is 5. The first-order chi connectivity index (χ1) is 9.44. The van der Waals surface area contributed by atoms with Crippen LogP contribution in [0, 0.1) is 0 Å². The van der Waals surface area contributed by atoms with Gasteiger partial charge in [-0.2, -0.15) is 5.10 Å². The number of carbonyl (C=O) groups is 1. The molecule has 0 aliphatic rings. The minimum atomic E-state index is -1.24. The highest BCUT2D eigenvalue weighted by atomic mass is 16.4. The average Bonchev–Trinajstić information content (AvgIpc) is 3.05. The molecule has 0 aromatic carbocycles. The van der Waals surface area contributed by atoms with Crippen molar-refractivity contribution in [3.8, 4) is 0 Å². The molecule has 2 aromatic heterocycles. The lowest BCUT2D eigenvalue weighted by atomic mass is 10.0. The topological polar surface area (TPSA) is 80.3 Å². The fraction of sp³-hybridized carbons (Fsp3) is 0.429. The predicted molar refractivity (Wildman–Crippen MR) is 73.2 cm³/mol. The molecule has 6 nitrogen and oxygen atoms in total. The molecular formula is C14H19N3O3. The third kappa shape index (κ3) is 2.91. The van der Waals surface area contributed by atoms with E-state index in [1.165, 1.54) is 6.26 Å². The van der Waals surface area contributed by atoms with Crippen LogP contribution in [0.25, 0.3) is 0 Å². The van der Waals surface area contributed by atoms with Gasteiger partial charge in [-0.05, 0) is 25.5 Å². The highest BCUT2D eigenvalue weighted by molar-refractivity contribution is 5.95. The van der Waals surface area contributed by atoms with Gasteiger partial charge in [0.1, 0.15) is 11.4 Å². The summed E-state index contributed by atoms with van der Waals surface area (Å²) in [6.45, 7) is 3.60. The predicted octanol–water partition coefficient (Wildman–Crippen LogP) is 1.21. The van der Waals surface area contributed by atoms with E-state index in [0.717, 1.165) is 5.69 Å². The smallest absolute Gasteiger partial charge is 0.254 e. The summed E-state index contributed by atoms with van der Waals surface area (Å²) in [5.41, 5.74) is 0.0289. The first-order valence-electron chi connectivity index (χ1n) is 6.51. The summed E-state index contributed by atoms with van der Waals surface area (Å²) in [4.78, 5) is 12.1. The Morgan fingerprint density at radius 3 is 2.95 bits per heavy atom. The van der Waals surface area contributed by atoms with Gasteiger partial charge in [-0.25, -0.2) is 0 Å². The van der Waals surface area contributed by atoms with E-state index in [0.29, 0.717) is 17.7 Å². The molecule has 0 radical (unpaired) electrons. The number of nitrogens with zero attached hydrogens (tertiary/aromatic N) is 2. The zero-order chi connectivity index (χ0) is 14.8. The van der Waals surface area contributed by atoms with Crippen molar-refractivity contribution in [2.45, 2.75) is 25.9 Å².